The number of hydrogen-bond donors (Lipinski definition) is 0. The molecule has 5 heteroatoms. The van der Waals surface area contributed by atoms with Crippen LogP contribution in [0.2, 0.25) is 5.02 Å². The summed E-state index contributed by atoms with van der Waals surface area (Å²) in [5, 5.41) is 0.641. The van der Waals surface area contributed by atoms with Crippen molar-refractivity contribution >= 4 is 17.7 Å². The Bertz CT molecular complexity index is 813. The Labute approximate surface area is 159 Å². The fourth-order valence-electron chi connectivity index (χ4n) is 3.01. The lowest BCUT2D eigenvalue weighted by Crippen LogP contribution is -2.45. The third-order valence-corrected chi connectivity index (χ3v) is 4.46. The van der Waals surface area contributed by atoms with E-state index in [1.165, 1.54) is 5.56 Å². The van der Waals surface area contributed by atoms with Gasteiger partial charge in [-0.05, 0) is 75.6 Å². The molecule has 1 aliphatic heterocycles. The SMILES string of the molecule is CC1Cc2cc(Oc3cccc(Cl)c3)ccc2CN1C(=O)OC(C)(C)C. The number of carbonyl (C=O) groups is 1. The van der Waals surface area contributed by atoms with Gasteiger partial charge in [-0.2, -0.15) is 0 Å². The first-order chi connectivity index (χ1) is 12.2. The molecule has 0 saturated heterocycles. The third-order valence-electron chi connectivity index (χ3n) is 4.23. The van der Waals surface area contributed by atoms with Crippen LogP contribution in [0.4, 0.5) is 4.79 Å². The second-order valence-corrected chi connectivity index (χ2v) is 8.09. The summed E-state index contributed by atoms with van der Waals surface area (Å²) in [6.07, 6.45) is 0.497. The summed E-state index contributed by atoms with van der Waals surface area (Å²) in [6, 6.07) is 13.4. The van der Waals surface area contributed by atoms with Crippen molar-refractivity contribution in [3.63, 3.8) is 0 Å². The molecular formula is C21H24ClNO3. The third kappa shape index (κ3) is 4.50. The molecule has 4 nitrogen and oxygen atoms in total. The molecule has 26 heavy (non-hydrogen) atoms. The van der Waals surface area contributed by atoms with Gasteiger partial charge in [0.1, 0.15) is 17.1 Å². The molecule has 0 bridgehead atoms. The summed E-state index contributed by atoms with van der Waals surface area (Å²) in [7, 11) is 0. The van der Waals surface area contributed by atoms with Gasteiger partial charge in [0.05, 0.1) is 0 Å². The number of nitrogens with zero attached hydrogens (tertiary/aromatic N) is 1. The summed E-state index contributed by atoms with van der Waals surface area (Å²) in [4.78, 5) is 14.2. The van der Waals surface area contributed by atoms with Crippen LogP contribution in [-0.2, 0) is 17.7 Å². The van der Waals surface area contributed by atoms with Gasteiger partial charge >= 0.3 is 6.09 Å². The highest BCUT2D eigenvalue weighted by Gasteiger charge is 2.30. The van der Waals surface area contributed by atoms with Crippen molar-refractivity contribution in [2.24, 2.45) is 0 Å². The van der Waals surface area contributed by atoms with Crippen molar-refractivity contribution in [1.82, 2.24) is 4.90 Å². The molecule has 3 rings (SSSR count). The second-order valence-electron chi connectivity index (χ2n) is 7.65. The first-order valence-electron chi connectivity index (χ1n) is 8.76. The highest BCUT2D eigenvalue weighted by atomic mass is 35.5. The number of benzene rings is 2. The molecule has 0 aromatic heterocycles. The van der Waals surface area contributed by atoms with Crippen LogP contribution in [-0.4, -0.2) is 22.6 Å². The maximum absolute atomic E-state index is 12.4. The van der Waals surface area contributed by atoms with Crippen molar-refractivity contribution in [3.8, 4) is 11.5 Å². The van der Waals surface area contributed by atoms with Crippen molar-refractivity contribution < 1.29 is 14.3 Å². The van der Waals surface area contributed by atoms with Gasteiger partial charge in [0.2, 0.25) is 0 Å². The van der Waals surface area contributed by atoms with Crippen molar-refractivity contribution in [2.75, 3.05) is 0 Å². The van der Waals surface area contributed by atoms with E-state index in [-0.39, 0.29) is 12.1 Å². The largest absolute Gasteiger partial charge is 0.457 e. The van der Waals surface area contributed by atoms with Crippen LogP contribution in [0, 0.1) is 0 Å². The molecule has 2 aromatic carbocycles. The van der Waals surface area contributed by atoms with Gasteiger partial charge < -0.3 is 14.4 Å². The first-order valence-corrected chi connectivity index (χ1v) is 9.14. The minimum Gasteiger partial charge on any atom is -0.457 e. The maximum Gasteiger partial charge on any atom is 0.410 e. The second kappa shape index (κ2) is 7.20. The van der Waals surface area contributed by atoms with E-state index in [4.69, 9.17) is 21.1 Å². The molecule has 138 valence electrons. The molecular weight excluding hydrogens is 350 g/mol. The van der Waals surface area contributed by atoms with Crippen LogP contribution >= 0.6 is 11.6 Å². The van der Waals surface area contributed by atoms with Crippen LogP contribution < -0.4 is 4.74 Å². The number of hydrogen-bond acceptors (Lipinski definition) is 3. The molecule has 1 aliphatic rings. The van der Waals surface area contributed by atoms with E-state index in [0.717, 1.165) is 17.7 Å². The van der Waals surface area contributed by atoms with E-state index < -0.39 is 5.60 Å². The number of ether oxygens (including phenoxy) is 2. The number of carbonyl (C=O) groups excluding carboxylic acids is 1. The average molecular weight is 374 g/mol. The minimum absolute atomic E-state index is 0.0683. The number of rotatable bonds is 2. The standard InChI is InChI=1S/C21H24ClNO3/c1-14-10-16-11-19(25-18-7-5-6-17(22)12-18)9-8-15(16)13-23(14)20(24)26-21(2,3)4/h5-9,11-12,14H,10,13H2,1-4H3. The Kier molecular flexibility index (Phi) is 5.15. The zero-order valence-electron chi connectivity index (χ0n) is 15.6. The van der Waals surface area contributed by atoms with Gasteiger partial charge in [0.15, 0.2) is 0 Å². The molecule has 0 radical (unpaired) electrons. The lowest BCUT2D eigenvalue weighted by molar-refractivity contribution is 0.0138. The number of fused-ring (bicyclic) bond motifs is 1. The lowest BCUT2D eigenvalue weighted by atomic mass is 9.95. The molecule has 0 N–H and O–H groups in total. The van der Waals surface area contributed by atoms with Gasteiger partial charge in [-0.15, -0.1) is 0 Å². The summed E-state index contributed by atoms with van der Waals surface area (Å²) >= 11 is 6.01. The molecule has 1 heterocycles. The van der Waals surface area contributed by atoms with Crippen LogP contribution in [0.5, 0.6) is 11.5 Å². The van der Waals surface area contributed by atoms with Gasteiger partial charge in [0, 0.05) is 17.6 Å². The maximum atomic E-state index is 12.4. The Morgan fingerprint density at radius 2 is 1.85 bits per heavy atom. The van der Waals surface area contributed by atoms with Crippen LogP contribution in [0.15, 0.2) is 42.5 Å². The number of amides is 1. The molecule has 1 amide bonds. The average Bonchev–Trinajstić information content (AvgIpc) is 2.52. The van der Waals surface area contributed by atoms with Crippen LogP contribution in [0.1, 0.15) is 38.8 Å². The van der Waals surface area contributed by atoms with E-state index in [1.807, 2.05) is 64.1 Å². The first kappa shape index (κ1) is 18.6. The van der Waals surface area contributed by atoms with Gasteiger partial charge in [0.25, 0.3) is 0 Å². The predicted octanol–water partition coefficient (Wildman–Crippen LogP) is 5.81. The van der Waals surface area contributed by atoms with Crippen molar-refractivity contribution in [3.05, 3.63) is 58.6 Å². The molecule has 0 fully saturated rings. The molecule has 1 unspecified atom stereocenters. The Hall–Kier alpha value is -2.20. The zero-order chi connectivity index (χ0) is 18.9. The smallest absolute Gasteiger partial charge is 0.410 e. The summed E-state index contributed by atoms with van der Waals surface area (Å²) in [5.41, 5.74) is 1.82. The fourth-order valence-corrected chi connectivity index (χ4v) is 3.19. The van der Waals surface area contributed by atoms with E-state index in [0.29, 0.717) is 17.3 Å². The summed E-state index contributed by atoms with van der Waals surface area (Å²) < 4.78 is 11.4. The van der Waals surface area contributed by atoms with E-state index in [2.05, 4.69) is 0 Å². The Morgan fingerprint density at radius 3 is 2.54 bits per heavy atom. The predicted molar refractivity (Wildman–Crippen MR) is 103 cm³/mol. The quantitative estimate of drug-likeness (QED) is 0.666. The zero-order valence-corrected chi connectivity index (χ0v) is 16.3. The lowest BCUT2D eigenvalue weighted by Gasteiger charge is -2.36. The van der Waals surface area contributed by atoms with Gasteiger partial charge in [-0.25, -0.2) is 4.79 Å². The van der Waals surface area contributed by atoms with E-state index in [1.54, 1.807) is 11.0 Å². The molecule has 2 aromatic rings. The van der Waals surface area contributed by atoms with Crippen LogP contribution in [0.3, 0.4) is 0 Å². The van der Waals surface area contributed by atoms with Gasteiger partial charge in [-0.1, -0.05) is 23.7 Å². The van der Waals surface area contributed by atoms with Crippen molar-refractivity contribution in [1.29, 1.82) is 0 Å². The fraction of sp³-hybridized carbons (Fsp3) is 0.381. The monoisotopic (exact) mass is 373 g/mol. The van der Waals surface area contributed by atoms with Crippen molar-refractivity contribution in [2.45, 2.75) is 52.3 Å². The van der Waals surface area contributed by atoms with Gasteiger partial charge in [-0.3, -0.25) is 0 Å². The normalized spacial score (nSPS) is 16.8. The molecule has 1 atom stereocenters. The van der Waals surface area contributed by atoms with Crippen LogP contribution in [0.25, 0.3) is 0 Å². The topological polar surface area (TPSA) is 38.8 Å². The number of halogens is 1. The highest BCUT2D eigenvalue weighted by molar-refractivity contribution is 6.30. The van der Waals surface area contributed by atoms with E-state index in [9.17, 15) is 4.79 Å². The Balaban J connectivity index is 1.76. The van der Waals surface area contributed by atoms with E-state index >= 15 is 0 Å². The molecule has 0 aliphatic carbocycles. The minimum atomic E-state index is -0.494. The summed E-state index contributed by atoms with van der Waals surface area (Å²) in [6.45, 7) is 8.23. The Morgan fingerprint density at radius 1 is 1.12 bits per heavy atom. The molecule has 0 spiro atoms. The highest BCUT2D eigenvalue weighted by Crippen LogP contribution is 2.30. The summed E-state index contributed by atoms with van der Waals surface area (Å²) in [5.74, 6) is 1.47. The molecule has 0 saturated carbocycles.